The van der Waals surface area contributed by atoms with Gasteiger partial charge in [-0.3, -0.25) is 4.98 Å². The van der Waals surface area contributed by atoms with Crippen molar-refractivity contribution in [1.29, 1.82) is 5.26 Å². The van der Waals surface area contributed by atoms with Crippen molar-refractivity contribution in [2.75, 3.05) is 0 Å². The van der Waals surface area contributed by atoms with E-state index >= 15 is 0 Å². The second kappa shape index (κ2) is 6.77. The Kier molecular flexibility index (Phi) is 5.21. The Bertz CT molecular complexity index is 820. The van der Waals surface area contributed by atoms with E-state index in [9.17, 15) is 10.4 Å². The lowest BCUT2D eigenvalue weighted by Crippen LogP contribution is -2.41. The van der Waals surface area contributed by atoms with E-state index in [4.69, 9.17) is 15.0 Å². The van der Waals surface area contributed by atoms with Crippen LogP contribution < -0.4 is 11.2 Å². The monoisotopic (exact) mass is 353 g/mol. The first-order chi connectivity index (χ1) is 11.9. The number of nitrogens with zero attached hydrogens (tertiary/aromatic N) is 2. The Hall–Kier alpha value is -2.32. The zero-order valence-electron chi connectivity index (χ0n) is 16.0. The Balaban J connectivity index is 2.57. The summed E-state index contributed by atoms with van der Waals surface area (Å²) in [6.45, 7) is 11.0. The van der Waals surface area contributed by atoms with Gasteiger partial charge in [-0.05, 0) is 47.6 Å². The first-order valence-corrected chi connectivity index (χ1v) is 8.34. The molecular formula is C19H24BN3O3. The van der Waals surface area contributed by atoms with Crippen LogP contribution in [0.1, 0.15) is 52.8 Å². The molecule has 0 aromatic carbocycles. The van der Waals surface area contributed by atoms with Crippen molar-refractivity contribution in [3.8, 4) is 17.9 Å². The van der Waals surface area contributed by atoms with Crippen molar-refractivity contribution in [2.24, 2.45) is 5.73 Å². The van der Waals surface area contributed by atoms with Gasteiger partial charge in [0.15, 0.2) is 0 Å². The van der Waals surface area contributed by atoms with Crippen LogP contribution in [0, 0.1) is 23.2 Å². The fourth-order valence-corrected chi connectivity index (χ4v) is 2.32. The molecule has 1 aromatic heterocycles. The Morgan fingerprint density at radius 1 is 1.31 bits per heavy atom. The summed E-state index contributed by atoms with van der Waals surface area (Å²) in [5.74, 6) is 5.63. The number of hydrogen-bond donors (Lipinski definition) is 2. The molecule has 1 aliphatic rings. The number of aliphatic hydroxyl groups is 1. The smallest absolute Gasteiger partial charge is 0.403 e. The molecule has 0 aliphatic carbocycles. The summed E-state index contributed by atoms with van der Waals surface area (Å²) in [4.78, 5) is 4.35. The van der Waals surface area contributed by atoms with Gasteiger partial charge >= 0.3 is 7.12 Å². The lowest BCUT2D eigenvalue weighted by Gasteiger charge is -2.32. The molecule has 0 atom stereocenters. The van der Waals surface area contributed by atoms with Gasteiger partial charge in [-0.2, -0.15) is 5.26 Å². The molecule has 1 aliphatic heterocycles. The van der Waals surface area contributed by atoms with Crippen molar-refractivity contribution in [2.45, 2.75) is 58.3 Å². The summed E-state index contributed by atoms with van der Waals surface area (Å²) in [6.07, 6.45) is 2.74. The minimum atomic E-state index is -1.13. The van der Waals surface area contributed by atoms with E-state index < -0.39 is 23.9 Å². The highest BCUT2D eigenvalue weighted by Gasteiger charge is 2.52. The highest BCUT2D eigenvalue weighted by molar-refractivity contribution is 6.63. The third-order valence-electron chi connectivity index (χ3n) is 4.48. The summed E-state index contributed by atoms with van der Waals surface area (Å²) < 4.78 is 12.2. The maximum Gasteiger partial charge on any atom is 0.497 e. The van der Waals surface area contributed by atoms with Crippen molar-refractivity contribution in [3.05, 3.63) is 29.7 Å². The lowest BCUT2D eigenvalue weighted by molar-refractivity contribution is 0.00578. The standard InChI is InChI=1S/C19H24BN3O3/c1-17(2,24)8-7-13-9-15(16(23-12-13)14(10-21)11-22)20-25-18(3,4)19(5,6)26-20/h9-10,12,24H,21H2,1-6H3. The Morgan fingerprint density at radius 3 is 2.35 bits per heavy atom. The predicted octanol–water partition coefficient (Wildman–Crippen LogP) is 1.33. The number of allylic oxidation sites excluding steroid dienone is 1. The van der Waals surface area contributed by atoms with Gasteiger partial charge in [0, 0.05) is 23.4 Å². The van der Waals surface area contributed by atoms with Gasteiger partial charge in [0.2, 0.25) is 0 Å². The molecule has 0 saturated carbocycles. The molecule has 0 amide bonds. The van der Waals surface area contributed by atoms with E-state index in [1.165, 1.54) is 12.4 Å². The van der Waals surface area contributed by atoms with E-state index in [0.717, 1.165) is 0 Å². The van der Waals surface area contributed by atoms with Crippen LogP contribution in [0.15, 0.2) is 18.5 Å². The van der Waals surface area contributed by atoms with Crippen LogP contribution in [0.3, 0.4) is 0 Å². The first kappa shape index (κ1) is 20.0. The van der Waals surface area contributed by atoms with Crippen molar-refractivity contribution >= 4 is 18.2 Å². The minimum absolute atomic E-state index is 0.219. The molecule has 0 spiro atoms. The van der Waals surface area contributed by atoms with Crippen LogP contribution >= 0.6 is 0 Å². The van der Waals surface area contributed by atoms with E-state index in [0.29, 0.717) is 16.7 Å². The number of hydrogen-bond acceptors (Lipinski definition) is 6. The molecule has 1 aromatic rings. The molecule has 0 unspecified atom stereocenters. The highest BCUT2D eigenvalue weighted by Crippen LogP contribution is 2.36. The summed E-state index contributed by atoms with van der Waals surface area (Å²) in [5.41, 5.74) is 5.13. The fourth-order valence-electron chi connectivity index (χ4n) is 2.32. The lowest BCUT2D eigenvalue weighted by atomic mass is 9.76. The third-order valence-corrected chi connectivity index (χ3v) is 4.48. The number of nitriles is 1. The molecule has 26 heavy (non-hydrogen) atoms. The highest BCUT2D eigenvalue weighted by atomic mass is 16.7. The summed E-state index contributed by atoms with van der Waals surface area (Å²) in [7, 11) is -0.713. The van der Waals surface area contributed by atoms with Crippen molar-refractivity contribution < 1.29 is 14.4 Å². The number of aromatic nitrogens is 1. The van der Waals surface area contributed by atoms with Gasteiger partial charge in [0.1, 0.15) is 11.7 Å². The molecule has 0 bridgehead atoms. The fraction of sp³-hybridized carbons (Fsp3) is 0.474. The molecular weight excluding hydrogens is 329 g/mol. The maximum atomic E-state index is 9.80. The zero-order valence-corrected chi connectivity index (χ0v) is 16.0. The first-order valence-electron chi connectivity index (χ1n) is 8.34. The van der Waals surface area contributed by atoms with Crippen LogP contribution in [-0.2, 0) is 9.31 Å². The van der Waals surface area contributed by atoms with Crippen LogP contribution in [-0.4, -0.2) is 34.0 Å². The molecule has 1 saturated heterocycles. The zero-order chi connectivity index (χ0) is 19.8. The van der Waals surface area contributed by atoms with Gasteiger partial charge in [-0.15, -0.1) is 0 Å². The molecule has 0 radical (unpaired) electrons. The Labute approximate surface area is 155 Å². The van der Waals surface area contributed by atoms with Crippen LogP contribution in [0.4, 0.5) is 0 Å². The van der Waals surface area contributed by atoms with Gasteiger partial charge in [0.25, 0.3) is 0 Å². The molecule has 2 rings (SSSR count). The van der Waals surface area contributed by atoms with Gasteiger partial charge in [-0.1, -0.05) is 11.8 Å². The van der Waals surface area contributed by atoms with Crippen LogP contribution in [0.25, 0.3) is 5.57 Å². The topological polar surface area (TPSA) is 101 Å². The van der Waals surface area contributed by atoms with Crippen LogP contribution in [0.2, 0.25) is 0 Å². The summed E-state index contributed by atoms with van der Waals surface area (Å²) in [6, 6.07) is 3.79. The second-order valence-electron chi connectivity index (χ2n) is 7.75. The number of pyridine rings is 1. The van der Waals surface area contributed by atoms with Crippen molar-refractivity contribution in [3.63, 3.8) is 0 Å². The van der Waals surface area contributed by atoms with Crippen LogP contribution in [0.5, 0.6) is 0 Å². The SMILES string of the molecule is CC(C)(O)C#Cc1cnc(C(C#N)=CN)c(B2OC(C)(C)C(C)(C)O2)c1. The average molecular weight is 353 g/mol. The predicted molar refractivity (Wildman–Crippen MR) is 101 cm³/mol. The minimum Gasteiger partial charge on any atom is -0.403 e. The summed E-state index contributed by atoms with van der Waals surface area (Å²) >= 11 is 0. The van der Waals surface area contributed by atoms with E-state index in [-0.39, 0.29) is 5.57 Å². The van der Waals surface area contributed by atoms with Gasteiger partial charge in [0.05, 0.1) is 22.5 Å². The second-order valence-corrected chi connectivity index (χ2v) is 7.75. The molecule has 136 valence electrons. The molecule has 2 heterocycles. The Morgan fingerprint density at radius 2 is 1.88 bits per heavy atom. The van der Waals surface area contributed by atoms with E-state index in [1.807, 2.05) is 33.8 Å². The molecule has 6 nitrogen and oxygen atoms in total. The van der Waals surface area contributed by atoms with Crippen molar-refractivity contribution in [1.82, 2.24) is 4.98 Å². The van der Waals surface area contributed by atoms with E-state index in [2.05, 4.69) is 16.8 Å². The third kappa shape index (κ3) is 4.08. The normalized spacial score (nSPS) is 18.8. The maximum absolute atomic E-state index is 9.80. The molecule has 1 fully saturated rings. The van der Waals surface area contributed by atoms with Gasteiger partial charge in [-0.25, -0.2) is 0 Å². The molecule has 7 heteroatoms. The number of rotatable bonds is 2. The largest absolute Gasteiger partial charge is 0.497 e. The summed E-state index contributed by atoms with van der Waals surface area (Å²) in [5, 5.41) is 19.2. The van der Waals surface area contributed by atoms with E-state index in [1.54, 1.807) is 19.9 Å². The average Bonchev–Trinajstić information content (AvgIpc) is 2.74. The van der Waals surface area contributed by atoms with Gasteiger partial charge < -0.3 is 20.1 Å². The number of nitrogens with two attached hydrogens (primary N) is 1. The molecule has 3 N–H and O–H groups in total. The quantitative estimate of drug-likeness (QED) is 0.473.